The highest BCUT2D eigenvalue weighted by molar-refractivity contribution is 7.47. The molecule has 0 aliphatic carbocycles. The van der Waals surface area contributed by atoms with Crippen molar-refractivity contribution in [2.75, 3.05) is 47.5 Å². The second-order valence-electron chi connectivity index (χ2n) is 17.2. The number of unbranched alkanes of at least 4 members (excludes halogenated alkanes) is 29. The molecule has 10 heteroatoms. The average molecular weight is 805 g/mol. The molecule has 0 fully saturated rings. The fourth-order valence-corrected chi connectivity index (χ4v) is 7.46. The van der Waals surface area contributed by atoms with Crippen LogP contribution < -0.4 is 0 Å². The van der Waals surface area contributed by atoms with Crippen molar-refractivity contribution in [3.05, 3.63) is 0 Å². The number of carbonyl (C=O) groups is 2. The van der Waals surface area contributed by atoms with Crippen LogP contribution >= 0.6 is 7.82 Å². The Hall–Kier alpha value is -0.990. The van der Waals surface area contributed by atoms with Crippen molar-refractivity contribution in [3.63, 3.8) is 0 Å². The van der Waals surface area contributed by atoms with Gasteiger partial charge in [0.25, 0.3) is 0 Å². The molecule has 1 unspecified atom stereocenters. The molecule has 0 heterocycles. The van der Waals surface area contributed by atoms with Gasteiger partial charge >= 0.3 is 19.8 Å². The summed E-state index contributed by atoms with van der Waals surface area (Å²) in [4.78, 5) is 35.4. The van der Waals surface area contributed by atoms with Crippen LogP contribution in [0.15, 0.2) is 0 Å². The summed E-state index contributed by atoms with van der Waals surface area (Å²) < 4.78 is 34.3. The highest BCUT2D eigenvalue weighted by atomic mass is 31.2. The molecular weight excluding hydrogens is 713 g/mol. The minimum atomic E-state index is -4.37. The van der Waals surface area contributed by atoms with Crippen LogP contribution in [-0.2, 0) is 32.7 Å². The predicted octanol–water partition coefficient (Wildman–Crippen LogP) is 13.2. The van der Waals surface area contributed by atoms with Gasteiger partial charge in [-0.25, -0.2) is 4.57 Å². The van der Waals surface area contributed by atoms with E-state index in [4.69, 9.17) is 18.5 Å². The van der Waals surface area contributed by atoms with Crippen molar-refractivity contribution in [1.82, 2.24) is 0 Å². The van der Waals surface area contributed by atoms with Crippen LogP contribution in [0.4, 0.5) is 0 Å². The Morgan fingerprint density at radius 2 is 0.818 bits per heavy atom. The quantitative estimate of drug-likeness (QED) is 0.0281. The molecule has 0 aromatic heterocycles. The summed E-state index contributed by atoms with van der Waals surface area (Å²) in [6.45, 7) is 4.46. The van der Waals surface area contributed by atoms with Crippen LogP contribution in [0.25, 0.3) is 0 Å². The number of carbonyl (C=O) groups excluding carboxylic acids is 2. The van der Waals surface area contributed by atoms with Crippen molar-refractivity contribution < 1.29 is 42.1 Å². The van der Waals surface area contributed by atoms with E-state index >= 15 is 0 Å². The lowest BCUT2D eigenvalue weighted by Gasteiger charge is -2.24. The molecule has 0 aliphatic heterocycles. The molecule has 55 heavy (non-hydrogen) atoms. The van der Waals surface area contributed by atoms with E-state index in [0.717, 1.165) is 38.5 Å². The predicted molar refractivity (Wildman–Crippen MR) is 229 cm³/mol. The standard InChI is InChI=1S/C45H90NO8P/c1-6-8-10-12-14-16-18-20-21-22-23-24-26-27-29-31-33-35-37-44(47)51-41-43(42-53-55(49,50)52-40-39-46(3,4)5)54-45(48)38-36-34-32-30-28-25-19-17-15-13-11-9-7-2/h43H,6-42H2,1-5H3/p+1/t43-/m1/s1. The van der Waals surface area contributed by atoms with Gasteiger partial charge < -0.3 is 18.9 Å². The second-order valence-corrected chi connectivity index (χ2v) is 18.6. The Morgan fingerprint density at radius 3 is 1.16 bits per heavy atom. The lowest BCUT2D eigenvalue weighted by Crippen LogP contribution is -2.37. The second kappa shape index (κ2) is 38.5. The van der Waals surface area contributed by atoms with Gasteiger partial charge in [0, 0.05) is 12.8 Å². The number of ether oxygens (including phenoxy) is 2. The van der Waals surface area contributed by atoms with Gasteiger partial charge in [-0.15, -0.1) is 0 Å². The SMILES string of the molecule is CCCCCCCCCCCCCCCCCCCCC(=O)OC[C@H](COP(=O)(O)OCC[N+](C)(C)C)OC(=O)CCCCCCCCCCCCCCC. The highest BCUT2D eigenvalue weighted by Crippen LogP contribution is 2.43. The lowest BCUT2D eigenvalue weighted by atomic mass is 10.0. The molecule has 0 aromatic rings. The highest BCUT2D eigenvalue weighted by Gasteiger charge is 2.27. The molecule has 0 radical (unpaired) electrons. The van der Waals surface area contributed by atoms with E-state index in [-0.39, 0.29) is 25.6 Å². The van der Waals surface area contributed by atoms with E-state index in [1.807, 2.05) is 21.1 Å². The van der Waals surface area contributed by atoms with E-state index < -0.39 is 26.5 Å². The third kappa shape index (κ3) is 42.4. The maximum absolute atomic E-state index is 12.7. The van der Waals surface area contributed by atoms with Gasteiger partial charge in [-0.3, -0.25) is 18.6 Å². The van der Waals surface area contributed by atoms with Gasteiger partial charge in [-0.1, -0.05) is 200 Å². The van der Waals surface area contributed by atoms with Gasteiger partial charge in [0.05, 0.1) is 27.7 Å². The maximum atomic E-state index is 12.7. The van der Waals surface area contributed by atoms with E-state index in [9.17, 15) is 19.0 Å². The zero-order valence-corrected chi connectivity index (χ0v) is 37.8. The largest absolute Gasteiger partial charge is 0.472 e. The Morgan fingerprint density at radius 1 is 0.491 bits per heavy atom. The van der Waals surface area contributed by atoms with Crippen LogP contribution in [0, 0.1) is 0 Å². The van der Waals surface area contributed by atoms with Gasteiger partial charge in [0.15, 0.2) is 6.10 Å². The third-order valence-electron chi connectivity index (χ3n) is 10.4. The van der Waals surface area contributed by atoms with E-state index in [2.05, 4.69) is 13.8 Å². The number of quaternary nitrogens is 1. The zero-order valence-electron chi connectivity index (χ0n) is 36.9. The average Bonchev–Trinajstić information content (AvgIpc) is 3.13. The van der Waals surface area contributed by atoms with Crippen molar-refractivity contribution in [3.8, 4) is 0 Å². The summed E-state index contributed by atoms with van der Waals surface area (Å²) in [7, 11) is 1.49. The Bertz CT molecular complexity index is 912. The lowest BCUT2D eigenvalue weighted by molar-refractivity contribution is -0.870. The van der Waals surface area contributed by atoms with Gasteiger partial charge in [-0.2, -0.15) is 0 Å². The van der Waals surface area contributed by atoms with Gasteiger partial charge in [-0.05, 0) is 12.8 Å². The Labute approximate surface area is 340 Å². The number of nitrogens with zero attached hydrogens (tertiary/aromatic N) is 1. The van der Waals surface area contributed by atoms with E-state index in [1.54, 1.807) is 0 Å². The van der Waals surface area contributed by atoms with E-state index in [0.29, 0.717) is 17.4 Å². The zero-order chi connectivity index (χ0) is 40.7. The first-order chi connectivity index (χ1) is 26.5. The minimum Gasteiger partial charge on any atom is -0.462 e. The number of hydrogen-bond donors (Lipinski definition) is 1. The molecule has 0 amide bonds. The molecule has 9 nitrogen and oxygen atoms in total. The molecule has 0 rings (SSSR count). The summed E-state index contributed by atoms with van der Waals surface area (Å²) in [6, 6.07) is 0. The third-order valence-corrected chi connectivity index (χ3v) is 11.4. The number of esters is 2. The Kier molecular flexibility index (Phi) is 37.8. The molecule has 0 saturated carbocycles. The minimum absolute atomic E-state index is 0.0369. The van der Waals surface area contributed by atoms with Crippen LogP contribution in [0.3, 0.4) is 0 Å². The van der Waals surface area contributed by atoms with Crippen molar-refractivity contribution >= 4 is 19.8 Å². The molecule has 0 aromatic carbocycles. The van der Waals surface area contributed by atoms with E-state index in [1.165, 1.54) is 161 Å². The molecule has 0 saturated heterocycles. The first-order valence-electron chi connectivity index (χ1n) is 23.3. The van der Waals surface area contributed by atoms with Crippen molar-refractivity contribution in [2.24, 2.45) is 0 Å². The fraction of sp³-hybridized carbons (Fsp3) is 0.956. The molecule has 0 aliphatic rings. The molecule has 0 bridgehead atoms. The molecule has 1 N–H and O–H groups in total. The summed E-state index contributed by atoms with van der Waals surface area (Å²) in [5, 5.41) is 0. The summed E-state index contributed by atoms with van der Waals surface area (Å²) >= 11 is 0. The smallest absolute Gasteiger partial charge is 0.462 e. The number of phosphoric ester groups is 1. The van der Waals surface area contributed by atoms with Crippen LogP contribution in [0.5, 0.6) is 0 Å². The summed E-state index contributed by atoms with van der Waals surface area (Å²) in [5.41, 5.74) is 0. The van der Waals surface area contributed by atoms with Crippen molar-refractivity contribution in [1.29, 1.82) is 0 Å². The number of likely N-dealkylation sites (N-methyl/N-ethyl adjacent to an activating group) is 1. The first kappa shape index (κ1) is 54.0. The van der Waals surface area contributed by atoms with Crippen molar-refractivity contribution in [2.45, 2.75) is 232 Å². The molecular formula is C45H91NO8P+. The fourth-order valence-electron chi connectivity index (χ4n) is 6.72. The van der Waals surface area contributed by atoms with Gasteiger partial charge in [0.1, 0.15) is 19.8 Å². The van der Waals surface area contributed by atoms with Crippen LogP contribution in [-0.4, -0.2) is 74.9 Å². The van der Waals surface area contributed by atoms with Gasteiger partial charge in [0.2, 0.25) is 0 Å². The first-order valence-corrected chi connectivity index (χ1v) is 24.8. The van der Waals surface area contributed by atoms with Crippen LogP contribution in [0.2, 0.25) is 0 Å². The molecule has 328 valence electrons. The summed E-state index contributed by atoms with van der Waals surface area (Å²) in [6.07, 6.45) is 38.6. The number of phosphoric acid groups is 1. The van der Waals surface area contributed by atoms with Crippen LogP contribution in [0.1, 0.15) is 226 Å². The number of rotatable bonds is 43. The molecule has 2 atom stereocenters. The monoisotopic (exact) mass is 805 g/mol. The Balaban J connectivity index is 4.25. The number of hydrogen-bond acceptors (Lipinski definition) is 7. The topological polar surface area (TPSA) is 108 Å². The summed E-state index contributed by atoms with van der Waals surface area (Å²) in [5.74, 6) is -0.782. The normalized spacial score (nSPS) is 13.5. The maximum Gasteiger partial charge on any atom is 0.472 e. The molecule has 0 spiro atoms.